The number of aromatic nitrogens is 1. The predicted octanol–water partition coefficient (Wildman–Crippen LogP) is 3.03. The molecule has 5 nitrogen and oxygen atoms in total. The Balaban J connectivity index is 2.01. The van der Waals surface area contributed by atoms with Gasteiger partial charge >= 0.3 is 0 Å². The third-order valence-corrected chi connectivity index (χ3v) is 4.58. The van der Waals surface area contributed by atoms with Crippen molar-refractivity contribution in [2.24, 2.45) is 0 Å². The van der Waals surface area contributed by atoms with Gasteiger partial charge in [0.05, 0.1) is 16.8 Å². The van der Waals surface area contributed by atoms with Gasteiger partial charge in [0.25, 0.3) is 5.19 Å². The number of fused-ring (bicyclic) bond motifs is 1. The number of carbonyl (C=O) groups is 1. The average Bonchev–Trinajstić information content (AvgIpc) is 2.94. The Morgan fingerprint density at radius 3 is 2.79 bits per heavy atom. The van der Waals surface area contributed by atoms with Gasteiger partial charge in [0.1, 0.15) is 6.10 Å². The molecule has 2 aromatic rings. The summed E-state index contributed by atoms with van der Waals surface area (Å²) in [4.78, 5) is 20.0. The number of para-hydroxylation sites is 1. The molecule has 0 spiro atoms. The lowest BCUT2D eigenvalue weighted by Gasteiger charge is -2.24. The summed E-state index contributed by atoms with van der Waals surface area (Å²) in [5.74, 6) is 0.0833. The maximum absolute atomic E-state index is 11.8. The van der Waals surface area contributed by atoms with Crippen LogP contribution >= 0.6 is 11.3 Å². The molecular weight excluding hydrogens is 322 g/mol. The molecular formula is C18H25N3O2S. The molecule has 0 aliphatic carbocycles. The first-order valence-electron chi connectivity index (χ1n) is 8.01. The van der Waals surface area contributed by atoms with Crippen molar-refractivity contribution in [3.05, 3.63) is 36.9 Å². The van der Waals surface area contributed by atoms with E-state index in [9.17, 15) is 4.79 Å². The Labute approximate surface area is 147 Å². The molecule has 1 heterocycles. The zero-order valence-electron chi connectivity index (χ0n) is 14.6. The van der Waals surface area contributed by atoms with Gasteiger partial charge in [-0.15, -0.1) is 6.58 Å². The molecule has 0 aliphatic heterocycles. The molecule has 1 aromatic carbocycles. The molecule has 2 rings (SSSR count). The van der Waals surface area contributed by atoms with E-state index in [2.05, 4.69) is 11.6 Å². The Bertz CT molecular complexity index is 651. The van der Waals surface area contributed by atoms with Crippen LogP contribution in [0.5, 0.6) is 5.19 Å². The number of carbonyl (C=O) groups excluding carboxylic acids is 1. The lowest BCUT2D eigenvalue weighted by molar-refractivity contribution is -0.129. The maximum atomic E-state index is 11.8. The average molecular weight is 347 g/mol. The molecule has 1 amide bonds. The summed E-state index contributed by atoms with van der Waals surface area (Å²) in [5, 5.41) is 0.678. The minimum atomic E-state index is -0.0245. The molecule has 24 heavy (non-hydrogen) atoms. The van der Waals surface area contributed by atoms with Crippen LogP contribution in [-0.4, -0.2) is 61.0 Å². The fourth-order valence-corrected chi connectivity index (χ4v) is 3.20. The molecule has 0 saturated heterocycles. The highest BCUT2D eigenvalue weighted by molar-refractivity contribution is 7.20. The number of hydrogen-bond acceptors (Lipinski definition) is 5. The van der Waals surface area contributed by atoms with Crippen molar-refractivity contribution in [1.29, 1.82) is 0 Å². The molecule has 0 unspecified atom stereocenters. The van der Waals surface area contributed by atoms with E-state index < -0.39 is 0 Å². The van der Waals surface area contributed by atoms with Crippen molar-refractivity contribution in [2.45, 2.75) is 18.9 Å². The first-order valence-corrected chi connectivity index (χ1v) is 8.83. The summed E-state index contributed by atoms with van der Waals surface area (Å²) in [7, 11) is 5.47. The van der Waals surface area contributed by atoms with E-state index in [1.807, 2.05) is 42.3 Å². The number of hydrogen-bond donors (Lipinski definition) is 0. The highest BCUT2D eigenvalue weighted by Gasteiger charge is 2.17. The molecule has 130 valence electrons. The van der Waals surface area contributed by atoms with Crippen LogP contribution in [0, 0.1) is 0 Å². The van der Waals surface area contributed by atoms with Crippen LogP contribution in [0.3, 0.4) is 0 Å². The minimum Gasteiger partial charge on any atom is -0.465 e. The topological polar surface area (TPSA) is 45.7 Å². The summed E-state index contributed by atoms with van der Waals surface area (Å²) < 4.78 is 7.22. The Kier molecular flexibility index (Phi) is 6.75. The van der Waals surface area contributed by atoms with Crippen LogP contribution < -0.4 is 4.74 Å². The number of likely N-dealkylation sites (N-methyl/N-ethyl adjacent to an activating group) is 2. The number of rotatable bonds is 9. The van der Waals surface area contributed by atoms with Gasteiger partial charge in [0.15, 0.2) is 0 Å². The number of benzene rings is 1. The summed E-state index contributed by atoms with van der Waals surface area (Å²) in [6.07, 6.45) is 3.58. The van der Waals surface area contributed by atoms with Crippen LogP contribution in [-0.2, 0) is 4.79 Å². The largest absolute Gasteiger partial charge is 0.465 e. The fraction of sp³-hybridized carbons (Fsp3) is 0.444. The van der Waals surface area contributed by atoms with Crippen LogP contribution in [0.2, 0.25) is 0 Å². The van der Waals surface area contributed by atoms with Crippen molar-refractivity contribution in [3.8, 4) is 5.19 Å². The molecule has 6 heteroatoms. The summed E-state index contributed by atoms with van der Waals surface area (Å²) >= 11 is 1.55. The third-order valence-electron chi connectivity index (χ3n) is 3.65. The predicted molar refractivity (Wildman–Crippen MR) is 99.7 cm³/mol. The second kappa shape index (κ2) is 8.80. The first kappa shape index (κ1) is 18.4. The van der Waals surface area contributed by atoms with E-state index in [0.29, 0.717) is 18.3 Å². The van der Waals surface area contributed by atoms with Crippen molar-refractivity contribution in [2.75, 3.05) is 34.2 Å². The minimum absolute atomic E-state index is 0.0245. The Morgan fingerprint density at radius 1 is 1.38 bits per heavy atom. The SMILES string of the molecule is C=CCC[C@H](CN(C)CC(=O)N(C)C)Oc1nc2ccccc2s1. The van der Waals surface area contributed by atoms with Crippen molar-refractivity contribution in [3.63, 3.8) is 0 Å². The maximum Gasteiger partial charge on any atom is 0.274 e. The van der Waals surface area contributed by atoms with E-state index >= 15 is 0 Å². The summed E-state index contributed by atoms with van der Waals surface area (Å²) in [6.45, 7) is 4.83. The molecule has 0 fully saturated rings. The van der Waals surface area contributed by atoms with Gasteiger partial charge in [-0.1, -0.05) is 29.5 Å². The lowest BCUT2D eigenvalue weighted by Crippen LogP contribution is -2.39. The quantitative estimate of drug-likeness (QED) is 0.654. The van der Waals surface area contributed by atoms with Gasteiger partial charge < -0.3 is 9.64 Å². The summed E-state index contributed by atoms with van der Waals surface area (Å²) in [5.41, 5.74) is 0.955. The number of nitrogens with zero attached hydrogens (tertiary/aromatic N) is 3. The van der Waals surface area contributed by atoms with E-state index in [-0.39, 0.29) is 12.0 Å². The smallest absolute Gasteiger partial charge is 0.274 e. The fourth-order valence-electron chi connectivity index (χ4n) is 2.32. The number of amides is 1. The highest BCUT2D eigenvalue weighted by Crippen LogP contribution is 2.28. The van der Waals surface area contributed by atoms with Crippen LogP contribution in [0.15, 0.2) is 36.9 Å². The van der Waals surface area contributed by atoms with E-state index in [4.69, 9.17) is 4.74 Å². The number of thiazole rings is 1. The van der Waals surface area contributed by atoms with Gasteiger partial charge in [0, 0.05) is 20.6 Å². The molecule has 0 bridgehead atoms. The van der Waals surface area contributed by atoms with E-state index in [1.165, 1.54) is 0 Å². The molecule has 0 saturated carbocycles. The second-order valence-corrected chi connectivity index (χ2v) is 7.03. The van der Waals surface area contributed by atoms with Crippen LogP contribution in [0.25, 0.3) is 10.2 Å². The first-order chi connectivity index (χ1) is 11.5. The molecule has 0 aliphatic rings. The van der Waals surface area contributed by atoms with E-state index in [1.54, 1.807) is 30.3 Å². The monoisotopic (exact) mass is 347 g/mol. The molecule has 1 atom stereocenters. The summed E-state index contributed by atoms with van der Waals surface area (Å²) in [6, 6.07) is 8.00. The van der Waals surface area contributed by atoms with Crippen LogP contribution in [0.1, 0.15) is 12.8 Å². The molecule has 0 radical (unpaired) electrons. The van der Waals surface area contributed by atoms with Gasteiger partial charge in [-0.2, -0.15) is 0 Å². The second-order valence-electron chi connectivity index (χ2n) is 6.04. The van der Waals surface area contributed by atoms with E-state index in [0.717, 1.165) is 23.1 Å². The van der Waals surface area contributed by atoms with Gasteiger partial charge in [-0.3, -0.25) is 9.69 Å². The van der Waals surface area contributed by atoms with Crippen molar-refractivity contribution < 1.29 is 9.53 Å². The number of ether oxygens (including phenoxy) is 1. The van der Waals surface area contributed by atoms with Gasteiger partial charge in [0.2, 0.25) is 5.91 Å². The lowest BCUT2D eigenvalue weighted by atomic mass is 10.2. The number of allylic oxidation sites excluding steroid dienone is 1. The normalized spacial score (nSPS) is 12.3. The Hall–Kier alpha value is -1.92. The Morgan fingerprint density at radius 2 is 2.12 bits per heavy atom. The molecule has 0 N–H and O–H groups in total. The zero-order chi connectivity index (χ0) is 17.5. The van der Waals surface area contributed by atoms with Crippen molar-refractivity contribution >= 4 is 27.5 Å². The third kappa shape index (κ3) is 5.32. The van der Waals surface area contributed by atoms with Gasteiger partial charge in [-0.05, 0) is 32.0 Å². The zero-order valence-corrected chi connectivity index (χ0v) is 15.4. The van der Waals surface area contributed by atoms with Crippen LogP contribution in [0.4, 0.5) is 0 Å². The molecule has 1 aromatic heterocycles. The standard InChI is InChI=1S/C18H25N3O2S/c1-5-6-9-14(12-21(4)13-17(22)20(2)3)23-18-19-15-10-7-8-11-16(15)24-18/h5,7-8,10-11,14H,1,6,9,12-13H2,2-4H3/t14-/m1/s1. The highest BCUT2D eigenvalue weighted by atomic mass is 32.1. The van der Waals surface area contributed by atoms with Gasteiger partial charge in [-0.25, -0.2) is 4.98 Å². The van der Waals surface area contributed by atoms with Crippen molar-refractivity contribution in [1.82, 2.24) is 14.8 Å².